The van der Waals surface area contributed by atoms with Gasteiger partial charge in [0.2, 0.25) is 0 Å². The Kier molecular flexibility index (Phi) is 4.39. The Hall–Kier alpha value is -1.62. The van der Waals surface area contributed by atoms with Gasteiger partial charge in [0.05, 0.1) is 13.3 Å². The zero-order valence-electron chi connectivity index (χ0n) is 12.2. The number of nitrogens with zero attached hydrogens (tertiary/aromatic N) is 1. The predicted molar refractivity (Wildman–Crippen MR) is 88.7 cm³/mol. The molecule has 2 bridgehead atoms. The molecule has 4 nitrogen and oxygen atoms in total. The molecular weight excluding hydrogens is 282 g/mol. The van der Waals surface area contributed by atoms with E-state index >= 15 is 0 Å². The maximum absolute atomic E-state index is 5.31. The highest BCUT2D eigenvalue weighted by Gasteiger charge is 2.39. The zero-order valence-corrected chi connectivity index (χ0v) is 13.0. The molecule has 0 saturated heterocycles. The maximum Gasteiger partial charge on any atom is 0.187 e. The van der Waals surface area contributed by atoms with Gasteiger partial charge in [0.25, 0.3) is 0 Å². The predicted octanol–water partition coefficient (Wildman–Crippen LogP) is 2.68. The SMILES string of the molecule is COc1ccc(C=NNC(=S)N[C@H]2CC3CCC2C3)cc1. The molecule has 0 radical (unpaired) electrons. The highest BCUT2D eigenvalue weighted by molar-refractivity contribution is 7.80. The zero-order chi connectivity index (χ0) is 14.7. The number of fused-ring (bicyclic) bond motifs is 2. The molecule has 2 fully saturated rings. The summed E-state index contributed by atoms with van der Waals surface area (Å²) in [7, 11) is 1.66. The van der Waals surface area contributed by atoms with Gasteiger partial charge in [-0.3, -0.25) is 5.43 Å². The highest BCUT2D eigenvalue weighted by atomic mass is 32.1. The van der Waals surface area contributed by atoms with Crippen LogP contribution >= 0.6 is 12.2 Å². The molecule has 2 aliphatic carbocycles. The van der Waals surface area contributed by atoms with E-state index in [4.69, 9.17) is 17.0 Å². The molecule has 0 amide bonds. The summed E-state index contributed by atoms with van der Waals surface area (Å²) in [4.78, 5) is 0. The standard InChI is InChI=1S/C16H21N3OS/c1-20-14-6-3-11(4-7-14)10-17-19-16(21)18-15-9-12-2-5-13(15)8-12/h3-4,6-7,10,12-13,15H,2,5,8-9H2,1H3,(H2,18,19,21)/t12?,13?,15-/m0/s1. The van der Waals surface area contributed by atoms with Crippen molar-refractivity contribution in [2.75, 3.05) is 7.11 Å². The molecule has 0 aliphatic heterocycles. The summed E-state index contributed by atoms with van der Waals surface area (Å²) in [5, 5.41) is 8.21. The van der Waals surface area contributed by atoms with E-state index in [9.17, 15) is 0 Å². The molecule has 2 saturated carbocycles. The van der Waals surface area contributed by atoms with Gasteiger partial charge in [0.1, 0.15) is 5.75 Å². The van der Waals surface area contributed by atoms with Gasteiger partial charge in [-0.15, -0.1) is 0 Å². The third kappa shape index (κ3) is 3.53. The Morgan fingerprint density at radius 2 is 2.10 bits per heavy atom. The van der Waals surface area contributed by atoms with Crippen LogP contribution < -0.4 is 15.5 Å². The summed E-state index contributed by atoms with van der Waals surface area (Å²) in [6.45, 7) is 0. The molecule has 2 N–H and O–H groups in total. The fraction of sp³-hybridized carbons (Fsp3) is 0.500. The van der Waals surface area contributed by atoms with Gasteiger partial charge in [0, 0.05) is 6.04 Å². The Balaban J connectivity index is 1.45. The van der Waals surface area contributed by atoms with E-state index in [-0.39, 0.29) is 0 Å². The number of hydrazone groups is 1. The number of ether oxygens (including phenoxy) is 1. The summed E-state index contributed by atoms with van der Waals surface area (Å²) in [6, 6.07) is 8.27. The number of thiocarbonyl (C=S) groups is 1. The van der Waals surface area contributed by atoms with Gasteiger partial charge >= 0.3 is 0 Å². The fourth-order valence-electron chi connectivity index (χ4n) is 3.48. The minimum Gasteiger partial charge on any atom is -0.497 e. The van der Waals surface area contributed by atoms with Crippen molar-refractivity contribution in [2.45, 2.75) is 31.7 Å². The van der Waals surface area contributed by atoms with E-state index in [1.165, 1.54) is 25.7 Å². The molecule has 5 heteroatoms. The second-order valence-electron chi connectivity index (χ2n) is 5.90. The van der Waals surface area contributed by atoms with Crippen LogP contribution in [0.2, 0.25) is 0 Å². The molecule has 3 atom stereocenters. The molecular formula is C16H21N3OS. The van der Waals surface area contributed by atoms with Crippen LogP contribution in [-0.4, -0.2) is 24.5 Å². The number of benzene rings is 1. The first-order valence-corrected chi connectivity index (χ1v) is 7.89. The highest BCUT2D eigenvalue weighted by Crippen LogP contribution is 2.44. The van der Waals surface area contributed by atoms with Crippen LogP contribution in [0.15, 0.2) is 29.4 Å². The first-order chi connectivity index (χ1) is 10.2. The van der Waals surface area contributed by atoms with Crippen LogP contribution in [0.4, 0.5) is 0 Å². The summed E-state index contributed by atoms with van der Waals surface area (Å²) >= 11 is 5.31. The largest absolute Gasteiger partial charge is 0.497 e. The van der Waals surface area contributed by atoms with Gasteiger partial charge in [-0.25, -0.2) is 0 Å². The van der Waals surface area contributed by atoms with Crippen molar-refractivity contribution in [1.82, 2.24) is 10.7 Å². The lowest BCUT2D eigenvalue weighted by atomic mass is 9.96. The number of nitrogens with one attached hydrogen (secondary N) is 2. The smallest absolute Gasteiger partial charge is 0.187 e. The molecule has 2 unspecified atom stereocenters. The van der Waals surface area contributed by atoms with E-state index in [0.717, 1.165) is 23.1 Å². The van der Waals surface area contributed by atoms with Gasteiger partial charge < -0.3 is 10.1 Å². The minimum absolute atomic E-state index is 0.542. The first kappa shape index (κ1) is 14.3. The fourth-order valence-corrected chi connectivity index (χ4v) is 3.68. The van der Waals surface area contributed by atoms with Crippen LogP contribution in [0.25, 0.3) is 0 Å². The van der Waals surface area contributed by atoms with Crippen LogP contribution in [0.3, 0.4) is 0 Å². The third-order valence-corrected chi connectivity index (χ3v) is 4.76. The van der Waals surface area contributed by atoms with Gasteiger partial charge in [-0.1, -0.05) is 6.42 Å². The molecule has 0 spiro atoms. The summed E-state index contributed by atoms with van der Waals surface area (Å²) in [5.41, 5.74) is 3.91. The normalized spacial score (nSPS) is 27.0. The number of rotatable bonds is 4. The molecule has 0 heterocycles. The van der Waals surface area contributed by atoms with Crippen LogP contribution in [0, 0.1) is 11.8 Å². The Morgan fingerprint density at radius 3 is 2.71 bits per heavy atom. The number of hydrogen-bond acceptors (Lipinski definition) is 3. The number of hydrogen-bond donors (Lipinski definition) is 2. The molecule has 2 aliphatic rings. The van der Waals surface area contributed by atoms with E-state index in [1.54, 1.807) is 13.3 Å². The summed E-state index contributed by atoms with van der Waals surface area (Å²) in [6.07, 6.45) is 7.14. The summed E-state index contributed by atoms with van der Waals surface area (Å²) in [5.74, 6) is 2.56. The second-order valence-corrected chi connectivity index (χ2v) is 6.31. The van der Waals surface area contributed by atoms with Crippen LogP contribution in [0.1, 0.15) is 31.2 Å². The number of methoxy groups -OCH3 is 1. The quantitative estimate of drug-likeness (QED) is 0.510. The van der Waals surface area contributed by atoms with Crippen LogP contribution in [-0.2, 0) is 0 Å². The molecule has 21 heavy (non-hydrogen) atoms. The lowest BCUT2D eigenvalue weighted by molar-refractivity contribution is 0.389. The average molecular weight is 303 g/mol. The van der Waals surface area contributed by atoms with E-state index < -0.39 is 0 Å². The molecule has 0 aromatic heterocycles. The van der Waals surface area contributed by atoms with E-state index in [2.05, 4.69) is 15.8 Å². The Labute approximate surface area is 131 Å². The van der Waals surface area contributed by atoms with Crippen molar-refractivity contribution in [3.8, 4) is 5.75 Å². The topological polar surface area (TPSA) is 45.6 Å². The summed E-state index contributed by atoms with van der Waals surface area (Å²) < 4.78 is 5.12. The minimum atomic E-state index is 0.542. The first-order valence-electron chi connectivity index (χ1n) is 7.48. The monoisotopic (exact) mass is 303 g/mol. The molecule has 3 rings (SSSR count). The Morgan fingerprint density at radius 1 is 1.29 bits per heavy atom. The van der Waals surface area contributed by atoms with Crippen molar-refractivity contribution in [3.63, 3.8) is 0 Å². The van der Waals surface area contributed by atoms with Crippen molar-refractivity contribution in [2.24, 2.45) is 16.9 Å². The maximum atomic E-state index is 5.31. The van der Waals surface area contributed by atoms with Crippen molar-refractivity contribution in [1.29, 1.82) is 0 Å². The van der Waals surface area contributed by atoms with Crippen LogP contribution in [0.5, 0.6) is 5.75 Å². The van der Waals surface area contributed by atoms with Gasteiger partial charge in [-0.05, 0) is 73.1 Å². The van der Waals surface area contributed by atoms with Crippen molar-refractivity contribution < 1.29 is 4.74 Å². The van der Waals surface area contributed by atoms with Crippen molar-refractivity contribution in [3.05, 3.63) is 29.8 Å². The van der Waals surface area contributed by atoms with E-state index in [1.807, 2.05) is 24.3 Å². The Bertz CT molecular complexity index is 529. The van der Waals surface area contributed by atoms with Crippen molar-refractivity contribution >= 4 is 23.5 Å². The second kappa shape index (κ2) is 6.43. The molecule has 1 aromatic rings. The lowest BCUT2D eigenvalue weighted by Crippen LogP contribution is -2.42. The van der Waals surface area contributed by atoms with E-state index in [0.29, 0.717) is 11.2 Å². The van der Waals surface area contributed by atoms with Gasteiger partial charge in [-0.2, -0.15) is 5.10 Å². The molecule has 112 valence electrons. The molecule has 1 aromatic carbocycles. The van der Waals surface area contributed by atoms with Gasteiger partial charge in [0.15, 0.2) is 5.11 Å². The average Bonchev–Trinajstić information content (AvgIpc) is 3.10. The lowest BCUT2D eigenvalue weighted by Gasteiger charge is -2.23. The third-order valence-electron chi connectivity index (χ3n) is 4.55.